The highest BCUT2D eigenvalue weighted by Crippen LogP contribution is 2.33. The van der Waals surface area contributed by atoms with E-state index in [-0.39, 0.29) is 11.3 Å². The highest BCUT2D eigenvalue weighted by atomic mass is 19.1. The molecule has 0 bridgehead atoms. The van der Waals surface area contributed by atoms with E-state index >= 15 is 0 Å². The summed E-state index contributed by atoms with van der Waals surface area (Å²) < 4.78 is 38.1. The van der Waals surface area contributed by atoms with Crippen molar-refractivity contribution in [2.45, 2.75) is 31.7 Å². The first-order valence-electron chi connectivity index (χ1n) is 9.58. The average Bonchev–Trinajstić information content (AvgIpc) is 2.74. The minimum atomic E-state index is -1.89. The summed E-state index contributed by atoms with van der Waals surface area (Å²) in [5.74, 6) is -3.70. The lowest BCUT2D eigenvalue weighted by Crippen LogP contribution is -2.39. The molecule has 4 heterocycles. The van der Waals surface area contributed by atoms with Gasteiger partial charge in [0, 0.05) is 5.41 Å². The number of hydrogen-bond acceptors (Lipinski definition) is 6. The van der Waals surface area contributed by atoms with E-state index in [1.165, 1.54) is 6.07 Å². The summed E-state index contributed by atoms with van der Waals surface area (Å²) in [4.78, 5) is 12.4. The molecule has 0 saturated carbocycles. The molecule has 0 unspecified atom stereocenters. The number of halogens is 2. The lowest BCUT2D eigenvalue weighted by atomic mass is 9.84. The predicted molar refractivity (Wildman–Crippen MR) is 104 cm³/mol. The second-order valence-corrected chi connectivity index (χ2v) is 7.55. The van der Waals surface area contributed by atoms with E-state index in [1.54, 1.807) is 30.3 Å². The van der Waals surface area contributed by atoms with Gasteiger partial charge < -0.3 is 14.6 Å². The molecule has 0 aliphatic carbocycles. The molecule has 30 heavy (non-hydrogen) atoms. The summed E-state index contributed by atoms with van der Waals surface area (Å²) in [6.07, 6.45) is 0.693. The van der Waals surface area contributed by atoms with E-state index in [4.69, 9.17) is 9.47 Å². The van der Waals surface area contributed by atoms with Crippen molar-refractivity contribution in [3.63, 3.8) is 0 Å². The van der Waals surface area contributed by atoms with Crippen LogP contribution in [0.5, 0.6) is 0 Å². The fraction of sp³-hybridized carbons (Fsp3) is 0.318. The Bertz CT molecular complexity index is 1070. The van der Waals surface area contributed by atoms with E-state index in [2.05, 4.69) is 15.0 Å². The smallest absolute Gasteiger partial charge is 0.327 e. The van der Waals surface area contributed by atoms with Crippen LogP contribution < -0.4 is 0 Å². The van der Waals surface area contributed by atoms with Gasteiger partial charge in [-0.1, -0.05) is 12.1 Å². The SMILES string of the molecule is CC(C)(c1cccc(-c2ccc(F)nc2F)n1)c1cccc(C2(O)OCCCO2)n1. The Balaban J connectivity index is 1.71. The van der Waals surface area contributed by atoms with Gasteiger partial charge in [-0.15, -0.1) is 0 Å². The van der Waals surface area contributed by atoms with Crippen LogP contribution >= 0.6 is 0 Å². The summed E-state index contributed by atoms with van der Waals surface area (Å²) in [6, 6.07) is 12.8. The molecule has 1 aliphatic heterocycles. The van der Waals surface area contributed by atoms with Crippen LogP contribution in [0.2, 0.25) is 0 Å². The second kappa shape index (κ2) is 7.79. The zero-order valence-corrected chi connectivity index (χ0v) is 16.6. The standard InChI is InChI=1S/C22H21F2N3O3/c1-21(2,17-8-4-9-18(26-17)22(28)29-12-5-13-30-22)16-7-3-6-15(25-16)14-10-11-19(23)27-20(14)24/h3-4,6-11,28H,5,12-13H2,1-2H3. The number of aliphatic hydroxyl groups is 1. The van der Waals surface area contributed by atoms with Gasteiger partial charge in [0.2, 0.25) is 11.9 Å². The average molecular weight is 413 g/mol. The minimum absolute atomic E-state index is 0.106. The Kier molecular flexibility index (Phi) is 5.31. The van der Waals surface area contributed by atoms with Crippen molar-refractivity contribution in [3.8, 4) is 11.3 Å². The van der Waals surface area contributed by atoms with Crippen molar-refractivity contribution >= 4 is 0 Å². The van der Waals surface area contributed by atoms with Gasteiger partial charge in [-0.3, -0.25) is 4.98 Å². The highest BCUT2D eigenvalue weighted by Gasteiger charge is 2.37. The van der Waals surface area contributed by atoms with Gasteiger partial charge in [-0.25, -0.2) is 4.98 Å². The van der Waals surface area contributed by atoms with Crippen LogP contribution in [0.25, 0.3) is 11.3 Å². The van der Waals surface area contributed by atoms with Gasteiger partial charge in [-0.2, -0.15) is 13.8 Å². The third-order valence-corrected chi connectivity index (χ3v) is 5.08. The molecule has 0 amide bonds. The molecule has 3 aromatic rings. The molecule has 1 aliphatic rings. The van der Waals surface area contributed by atoms with E-state index in [0.29, 0.717) is 36.7 Å². The molecule has 8 heteroatoms. The molecule has 0 aromatic carbocycles. The van der Waals surface area contributed by atoms with Crippen molar-refractivity contribution in [3.05, 3.63) is 77.5 Å². The van der Waals surface area contributed by atoms with Crippen LogP contribution in [0, 0.1) is 11.9 Å². The number of rotatable bonds is 4. The number of ether oxygens (including phenoxy) is 2. The summed E-state index contributed by atoms with van der Waals surface area (Å²) in [7, 11) is 0. The first kappa shape index (κ1) is 20.5. The minimum Gasteiger partial charge on any atom is -0.338 e. The molecule has 4 rings (SSSR count). The number of pyridine rings is 3. The molecule has 6 nitrogen and oxygen atoms in total. The number of aromatic nitrogens is 3. The third-order valence-electron chi connectivity index (χ3n) is 5.08. The lowest BCUT2D eigenvalue weighted by molar-refractivity contribution is -0.395. The van der Waals surface area contributed by atoms with Crippen LogP contribution in [-0.4, -0.2) is 33.3 Å². The maximum atomic E-state index is 14.1. The maximum absolute atomic E-state index is 14.1. The molecule has 0 spiro atoms. The van der Waals surface area contributed by atoms with Gasteiger partial charge in [0.25, 0.3) is 0 Å². The topological polar surface area (TPSA) is 77.4 Å². The largest absolute Gasteiger partial charge is 0.338 e. The van der Waals surface area contributed by atoms with Crippen molar-refractivity contribution in [1.82, 2.24) is 15.0 Å². The van der Waals surface area contributed by atoms with Crippen molar-refractivity contribution in [2.24, 2.45) is 0 Å². The molecule has 3 aromatic heterocycles. The quantitative estimate of drug-likeness (QED) is 0.658. The zero-order chi connectivity index (χ0) is 21.4. The summed E-state index contributed by atoms with van der Waals surface area (Å²) in [6.45, 7) is 4.56. The molecular weight excluding hydrogens is 392 g/mol. The molecule has 0 atom stereocenters. The number of nitrogens with zero attached hydrogens (tertiary/aromatic N) is 3. The third kappa shape index (κ3) is 3.81. The van der Waals surface area contributed by atoms with Crippen molar-refractivity contribution in [2.75, 3.05) is 13.2 Å². The fourth-order valence-corrected chi connectivity index (χ4v) is 3.30. The van der Waals surface area contributed by atoms with Crippen LogP contribution in [0.4, 0.5) is 8.78 Å². The summed E-state index contributed by atoms with van der Waals surface area (Å²) >= 11 is 0. The van der Waals surface area contributed by atoms with Gasteiger partial charge in [0.1, 0.15) is 5.69 Å². The van der Waals surface area contributed by atoms with Gasteiger partial charge >= 0.3 is 5.97 Å². The Hall–Kier alpha value is -2.81. The lowest BCUT2D eigenvalue weighted by Gasteiger charge is -2.32. The first-order chi connectivity index (χ1) is 14.3. The Morgan fingerprint density at radius 3 is 2.27 bits per heavy atom. The van der Waals surface area contributed by atoms with E-state index in [0.717, 1.165) is 6.07 Å². The molecule has 1 N–H and O–H groups in total. The van der Waals surface area contributed by atoms with Crippen molar-refractivity contribution in [1.29, 1.82) is 0 Å². The summed E-state index contributed by atoms with van der Waals surface area (Å²) in [5.41, 5.74) is 1.23. The van der Waals surface area contributed by atoms with Crippen LogP contribution in [0.1, 0.15) is 37.4 Å². The van der Waals surface area contributed by atoms with Crippen LogP contribution in [-0.2, 0) is 20.9 Å². The van der Waals surface area contributed by atoms with E-state index in [1.807, 2.05) is 19.9 Å². The van der Waals surface area contributed by atoms with Crippen LogP contribution in [0.3, 0.4) is 0 Å². The molecular formula is C22H21F2N3O3. The van der Waals surface area contributed by atoms with E-state index in [9.17, 15) is 13.9 Å². The summed E-state index contributed by atoms with van der Waals surface area (Å²) in [5, 5.41) is 10.6. The Labute approximate surface area is 172 Å². The van der Waals surface area contributed by atoms with Gasteiger partial charge in [-0.05, 0) is 56.7 Å². The monoisotopic (exact) mass is 413 g/mol. The van der Waals surface area contributed by atoms with Gasteiger partial charge in [0.05, 0.1) is 35.9 Å². The number of hydrogen-bond donors (Lipinski definition) is 1. The molecule has 1 saturated heterocycles. The highest BCUT2D eigenvalue weighted by molar-refractivity contribution is 5.59. The molecule has 1 fully saturated rings. The predicted octanol–water partition coefficient (Wildman–Crippen LogP) is 3.68. The maximum Gasteiger partial charge on any atom is 0.327 e. The fourth-order valence-electron chi connectivity index (χ4n) is 3.30. The van der Waals surface area contributed by atoms with Gasteiger partial charge in [0.15, 0.2) is 0 Å². The molecule has 0 radical (unpaired) electrons. The first-order valence-corrected chi connectivity index (χ1v) is 9.58. The van der Waals surface area contributed by atoms with Crippen LogP contribution in [0.15, 0.2) is 48.5 Å². The Morgan fingerprint density at radius 2 is 1.57 bits per heavy atom. The second-order valence-electron chi connectivity index (χ2n) is 7.55. The molecule has 156 valence electrons. The normalized spacial score (nSPS) is 16.4. The zero-order valence-electron chi connectivity index (χ0n) is 16.6. The van der Waals surface area contributed by atoms with E-state index < -0.39 is 23.3 Å². The Morgan fingerprint density at radius 1 is 0.900 bits per heavy atom. The van der Waals surface area contributed by atoms with Crippen molar-refractivity contribution < 1.29 is 23.4 Å².